The minimum atomic E-state index is -0.284. The second kappa shape index (κ2) is 9.37. The molecule has 1 amide bonds. The molecule has 2 rings (SSSR count). The number of unbranched alkanes of at least 4 members (excludes halogenated alkanes) is 1. The summed E-state index contributed by atoms with van der Waals surface area (Å²) in [5.74, 6) is -0.284. The van der Waals surface area contributed by atoms with Crippen LogP contribution in [-0.2, 0) is 6.54 Å². The fourth-order valence-electron chi connectivity index (χ4n) is 2.99. The molecule has 0 atom stereocenters. The number of hydrogen-bond donors (Lipinski definition) is 1. The third-order valence-electron chi connectivity index (χ3n) is 4.59. The fraction of sp³-hybridized carbons (Fsp3) is 0.500. The van der Waals surface area contributed by atoms with Crippen molar-refractivity contribution in [2.45, 2.75) is 40.2 Å². The molecule has 0 radical (unpaired) electrons. The zero-order chi connectivity index (χ0) is 18.2. The van der Waals surface area contributed by atoms with Crippen LogP contribution < -0.4 is 10.9 Å². The lowest BCUT2D eigenvalue weighted by molar-refractivity contribution is 0.0947. The normalized spacial score (nSPS) is 11.2. The first kappa shape index (κ1) is 19.2. The monoisotopic (exact) mass is 343 g/mol. The number of nitrogens with one attached hydrogen (secondary N) is 1. The van der Waals surface area contributed by atoms with Crippen LogP contribution in [0.4, 0.5) is 0 Å². The number of nitrogens with zero attached hydrogens (tertiary/aromatic N) is 2. The molecule has 2 aromatic rings. The number of carbonyl (C=O) groups excluding carboxylic acids is 1. The van der Waals surface area contributed by atoms with Crippen molar-refractivity contribution in [3.05, 3.63) is 46.2 Å². The second-order valence-electron chi connectivity index (χ2n) is 6.21. The van der Waals surface area contributed by atoms with Gasteiger partial charge in [-0.25, -0.2) is 0 Å². The molecule has 5 heteroatoms. The zero-order valence-corrected chi connectivity index (χ0v) is 15.5. The molecule has 0 unspecified atom stereocenters. The van der Waals surface area contributed by atoms with Gasteiger partial charge in [-0.1, -0.05) is 45.4 Å². The summed E-state index contributed by atoms with van der Waals surface area (Å²) in [6, 6.07) is 9.46. The van der Waals surface area contributed by atoms with Crippen molar-refractivity contribution in [2.24, 2.45) is 0 Å². The van der Waals surface area contributed by atoms with Gasteiger partial charge in [-0.2, -0.15) is 0 Å². The topological polar surface area (TPSA) is 54.3 Å². The van der Waals surface area contributed by atoms with Crippen LogP contribution in [0.15, 0.2) is 35.1 Å². The van der Waals surface area contributed by atoms with Crippen LogP contribution in [0.25, 0.3) is 10.9 Å². The highest BCUT2D eigenvalue weighted by atomic mass is 16.2. The predicted octanol–water partition coefficient (Wildman–Crippen LogP) is 2.87. The Morgan fingerprint density at radius 3 is 2.56 bits per heavy atom. The largest absolute Gasteiger partial charge is 0.351 e. The van der Waals surface area contributed by atoms with Gasteiger partial charge >= 0.3 is 0 Å². The standard InChI is InChI=1S/C20H29N3O2/c1-4-7-13-23-18-11-9-8-10-16(18)15-17(20(23)25)19(24)21-12-14-22(5-2)6-3/h8-11,15H,4-7,12-14H2,1-3H3,(H,21,24). The number of hydrogen-bond acceptors (Lipinski definition) is 3. The van der Waals surface area contributed by atoms with E-state index in [0.29, 0.717) is 13.1 Å². The second-order valence-corrected chi connectivity index (χ2v) is 6.21. The molecule has 0 bridgehead atoms. The lowest BCUT2D eigenvalue weighted by Gasteiger charge is -2.18. The Balaban J connectivity index is 2.26. The first-order valence-corrected chi connectivity index (χ1v) is 9.25. The number of pyridine rings is 1. The molecule has 1 heterocycles. The Kier molecular flexibility index (Phi) is 7.19. The smallest absolute Gasteiger partial charge is 0.263 e. The number of aromatic nitrogens is 1. The van der Waals surface area contributed by atoms with Crippen LogP contribution in [0, 0.1) is 0 Å². The quantitative estimate of drug-likeness (QED) is 0.762. The molecule has 0 spiro atoms. The van der Waals surface area contributed by atoms with E-state index in [1.165, 1.54) is 0 Å². The van der Waals surface area contributed by atoms with E-state index in [9.17, 15) is 9.59 Å². The summed E-state index contributed by atoms with van der Waals surface area (Å²) in [6.45, 7) is 10.2. The Morgan fingerprint density at radius 2 is 1.88 bits per heavy atom. The molecule has 1 N–H and O–H groups in total. The third kappa shape index (κ3) is 4.69. The number of aryl methyl sites for hydroxylation is 1. The number of fused-ring (bicyclic) bond motifs is 1. The fourth-order valence-corrected chi connectivity index (χ4v) is 2.99. The van der Waals surface area contributed by atoms with Crippen LogP contribution in [0.5, 0.6) is 0 Å². The first-order chi connectivity index (χ1) is 12.1. The number of likely N-dealkylation sites (N-methyl/N-ethyl adjacent to an activating group) is 1. The molecule has 0 fully saturated rings. The Bertz CT molecular complexity index is 763. The molecule has 136 valence electrons. The van der Waals surface area contributed by atoms with Crippen LogP contribution in [0.3, 0.4) is 0 Å². The van der Waals surface area contributed by atoms with E-state index in [0.717, 1.165) is 43.4 Å². The molecule has 0 aliphatic carbocycles. The van der Waals surface area contributed by atoms with Gasteiger partial charge in [0.15, 0.2) is 0 Å². The van der Waals surface area contributed by atoms with Crippen molar-refractivity contribution >= 4 is 16.8 Å². The summed E-state index contributed by atoms with van der Waals surface area (Å²) in [5, 5.41) is 3.82. The van der Waals surface area contributed by atoms with E-state index >= 15 is 0 Å². The molecular formula is C20H29N3O2. The first-order valence-electron chi connectivity index (χ1n) is 9.25. The number of rotatable bonds is 9. The van der Waals surface area contributed by atoms with Gasteiger partial charge in [-0.05, 0) is 37.0 Å². The highest BCUT2D eigenvalue weighted by Gasteiger charge is 2.15. The van der Waals surface area contributed by atoms with E-state index in [1.54, 1.807) is 10.6 Å². The van der Waals surface area contributed by atoms with Gasteiger partial charge < -0.3 is 14.8 Å². The minimum Gasteiger partial charge on any atom is -0.351 e. The average Bonchev–Trinajstić information content (AvgIpc) is 2.64. The molecule has 0 aliphatic rings. The van der Waals surface area contributed by atoms with Crippen molar-refractivity contribution in [1.82, 2.24) is 14.8 Å². The summed E-state index contributed by atoms with van der Waals surface area (Å²) in [5.41, 5.74) is 0.919. The molecule has 5 nitrogen and oxygen atoms in total. The van der Waals surface area contributed by atoms with Crippen LogP contribution in [-0.4, -0.2) is 41.6 Å². The van der Waals surface area contributed by atoms with Crippen LogP contribution in [0.1, 0.15) is 44.0 Å². The van der Waals surface area contributed by atoms with Gasteiger partial charge in [-0.3, -0.25) is 9.59 Å². The van der Waals surface area contributed by atoms with E-state index in [1.807, 2.05) is 24.3 Å². The summed E-state index contributed by atoms with van der Waals surface area (Å²) in [4.78, 5) is 27.6. The van der Waals surface area contributed by atoms with Gasteiger partial charge in [0.05, 0.1) is 5.52 Å². The average molecular weight is 343 g/mol. The highest BCUT2D eigenvalue weighted by Crippen LogP contribution is 2.14. The maximum absolute atomic E-state index is 12.8. The molecular weight excluding hydrogens is 314 g/mol. The third-order valence-corrected chi connectivity index (χ3v) is 4.59. The van der Waals surface area contributed by atoms with Crippen molar-refractivity contribution in [2.75, 3.05) is 26.2 Å². The van der Waals surface area contributed by atoms with Gasteiger partial charge in [0.1, 0.15) is 5.56 Å². The summed E-state index contributed by atoms with van der Waals surface area (Å²) in [6.07, 6.45) is 1.91. The van der Waals surface area contributed by atoms with E-state index in [-0.39, 0.29) is 17.0 Å². The van der Waals surface area contributed by atoms with Gasteiger partial charge in [0.2, 0.25) is 0 Å². The number of carbonyl (C=O) groups is 1. The van der Waals surface area contributed by atoms with Crippen LogP contribution in [0.2, 0.25) is 0 Å². The maximum Gasteiger partial charge on any atom is 0.263 e. The maximum atomic E-state index is 12.8. The summed E-state index contributed by atoms with van der Waals surface area (Å²) >= 11 is 0. The van der Waals surface area contributed by atoms with Crippen molar-refractivity contribution in [1.29, 1.82) is 0 Å². The highest BCUT2D eigenvalue weighted by molar-refractivity contribution is 5.97. The van der Waals surface area contributed by atoms with Gasteiger partial charge in [0.25, 0.3) is 11.5 Å². The summed E-state index contributed by atoms with van der Waals surface area (Å²) < 4.78 is 1.73. The summed E-state index contributed by atoms with van der Waals surface area (Å²) in [7, 11) is 0. The molecule has 1 aromatic carbocycles. The Labute approximate surface area is 149 Å². The molecule has 1 aromatic heterocycles. The van der Waals surface area contributed by atoms with Gasteiger partial charge in [0, 0.05) is 19.6 Å². The van der Waals surface area contributed by atoms with E-state index < -0.39 is 0 Å². The number of amides is 1. The van der Waals surface area contributed by atoms with Crippen LogP contribution >= 0.6 is 0 Å². The number of para-hydroxylation sites is 1. The molecule has 0 saturated heterocycles. The zero-order valence-electron chi connectivity index (χ0n) is 15.5. The van der Waals surface area contributed by atoms with Gasteiger partial charge in [-0.15, -0.1) is 0 Å². The Morgan fingerprint density at radius 1 is 1.16 bits per heavy atom. The van der Waals surface area contributed by atoms with E-state index in [2.05, 4.69) is 31.0 Å². The molecule has 0 aliphatic heterocycles. The molecule has 25 heavy (non-hydrogen) atoms. The molecule has 0 saturated carbocycles. The lowest BCUT2D eigenvalue weighted by atomic mass is 10.1. The lowest BCUT2D eigenvalue weighted by Crippen LogP contribution is -2.38. The van der Waals surface area contributed by atoms with Crippen molar-refractivity contribution < 1.29 is 4.79 Å². The predicted molar refractivity (Wildman–Crippen MR) is 103 cm³/mol. The number of benzene rings is 1. The Hall–Kier alpha value is -2.14. The SMILES string of the molecule is CCCCn1c(=O)c(C(=O)NCCN(CC)CC)cc2ccccc21. The van der Waals surface area contributed by atoms with Crippen molar-refractivity contribution in [3.63, 3.8) is 0 Å². The van der Waals surface area contributed by atoms with Crippen molar-refractivity contribution in [3.8, 4) is 0 Å². The van der Waals surface area contributed by atoms with E-state index in [4.69, 9.17) is 0 Å². The minimum absolute atomic E-state index is 0.201.